The molecule has 1 aromatic carbocycles. The first-order chi connectivity index (χ1) is 13.9. The van der Waals surface area contributed by atoms with Gasteiger partial charge in [-0.05, 0) is 56.3 Å². The third-order valence-electron chi connectivity index (χ3n) is 6.11. The Morgan fingerprint density at radius 3 is 2.79 bits per heavy atom. The fourth-order valence-electron chi connectivity index (χ4n) is 4.17. The zero-order chi connectivity index (χ0) is 20.9. The summed E-state index contributed by atoms with van der Waals surface area (Å²) in [5, 5.41) is 6.77. The molecule has 1 atom stereocenters. The summed E-state index contributed by atoms with van der Waals surface area (Å²) in [5.74, 6) is 0.805. The second kappa shape index (κ2) is 9.57. The van der Waals surface area contributed by atoms with Crippen molar-refractivity contribution in [3.05, 3.63) is 35.6 Å². The highest BCUT2D eigenvalue weighted by Gasteiger charge is 2.44. The molecular weight excluding hydrogens is 369 g/mol. The van der Waals surface area contributed by atoms with Crippen molar-refractivity contribution in [2.75, 3.05) is 47.3 Å². The van der Waals surface area contributed by atoms with Crippen LogP contribution in [0.4, 0.5) is 4.39 Å². The van der Waals surface area contributed by atoms with Gasteiger partial charge in [0, 0.05) is 46.2 Å². The quantitative estimate of drug-likeness (QED) is 0.396. The van der Waals surface area contributed by atoms with Crippen molar-refractivity contribution in [1.29, 1.82) is 0 Å². The molecular formula is C22H34FN5O. The second-order valence-electron chi connectivity index (χ2n) is 8.42. The van der Waals surface area contributed by atoms with Gasteiger partial charge in [-0.15, -0.1) is 0 Å². The van der Waals surface area contributed by atoms with Crippen molar-refractivity contribution < 1.29 is 9.18 Å². The smallest absolute Gasteiger partial charge is 0.239 e. The number of guanidine groups is 1. The summed E-state index contributed by atoms with van der Waals surface area (Å²) >= 11 is 0. The van der Waals surface area contributed by atoms with Gasteiger partial charge in [0.25, 0.3) is 0 Å². The molecule has 2 aliphatic rings. The van der Waals surface area contributed by atoms with Gasteiger partial charge in [-0.1, -0.05) is 12.1 Å². The molecule has 0 bridgehead atoms. The third kappa shape index (κ3) is 5.47. The number of likely N-dealkylation sites (tertiary alicyclic amines) is 1. The molecule has 1 saturated heterocycles. The molecule has 160 valence electrons. The van der Waals surface area contributed by atoms with Crippen LogP contribution in [0.1, 0.15) is 37.7 Å². The number of nitrogens with zero attached hydrogens (tertiary/aromatic N) is 3. The number of likely N-dealkylation sites (N-methyl/N-ethyl adjacent to an activating group) is 1. The van der Waals surface area contributed by atoms with Crippen molar-refractivity contribution in [3.8, 4) is 0 Å². The van der Waals surface area contributed by atoms with Crippen molar-refractivity contribution >= 4 is 11.9 Å². The normalized spacial score (nSPS) is 21.1. The lowest BCUT2D eigenvalue weighted by Gasteiger charge is -2.26. The minimum absolute atomic E-state index is 0.0229. The van der Waals surface area contributed by atoms with Gasteiger partial charge < -0.3 is 15.5 Å². The molecule has 2 fully saturated rings. The summed E-state index contributed by atoms with van der Waals surface area (Å²) in [6.07, 6.45) is 5.12. The second-order valence-corrected chi connectivity index (χ2v) is 8.42. The van der Waals surface area contributed by atoms with E-state index >= 15 is 0 Å². The highest BCUT2D eigenvalue weighted by molar-refractivity contribution is 5.81. The monoisotopic (exact) mass is 403 g/mol. The van der Waals surface area contributed by atoms with Crippen LogP contribution in [0.15, 0.2) is 29.3 Å². The fraction of sp³-hybridized carbons (Fsp3) is 0.636. The minimum Gasteiger partial charge on any atom is -0.356 e. The van der Waals surface area contributed by atoms with E-state index in [2.05, 4.69) is 20.5 Å². The van der Waals surface area contributed by atoms with E-state index in [0.29, 0.717) is 0 Å². The number of rotatable bonds is 8. The van der Waals surface area contributed by atoms with Gasteiger partial charge in [-0.25, -0.2) is 4.39 Å². The van der Waals surface area contributed by atoms with E-state index in [4.69, 9.17) is 0 Å². The maximum absolute atomic E-state index is 13.6. The minimum atomic E-state index is -0.177. The Morgan fingerprint density at radius 1 is 1.34 bits per heavy atom. The number of carbonyl (C=O) groups excluding carboxylic acids is 1. The Balaban J connectivity index is 1.41. The standard InChI is InChI=1S/C22H34FN5O/c1-24-21(26-16-22(10-11-22)17-7-4-8-18(23)15-17)25-12-6-14-28-13-5-9-19(28)20(29)27(2)3/h4,7-8,15,19H,5-6,9-14,16H2,1-3H3,(H2,24,25,26). The van der Waals surface area contributed by atoms with Gasteiger partial charge in [0.1, 0.15) is 5.82 Å². The lowest BCUT2D eigenvalue weighted by Crippen LogP contribution is -2.44. The Bertz CT molecular complexity index is 732. The van der Waals surface area contributed by atoms with E-state index < -0.39 is 0 Å². The average Bonchev–Trinajstić information content (AvgIpc) is 3.36. The van der Waals surface area contributed by atoms with Crippen LogP contribution in [0.3, 0.4) is 0 Å². The van der Waals surface area contributed by atoms with Crippen molar-refractivity contribution in [2.45, 2.75) is 43.6 Å². The molecule has 0 aromatic heterocycles. The number of aliphatic imine (C=N–C) groups is 1. The zero-order valence-electron chi connectivity index (χ0n) is 17.9. The number of hydrogen-bond donors (Lipinski definition) is 2. The molecule has 1 aliphatic carbocycles. The maximum Gasteiger partial charge on any atom is 0.239 e. The first kappa shape index (κ1) is 21.6. The number of amides is 1. The van der Waals surface area contributed by atoms with E-state index in [-0.39, 0.29) is 23.2 Å². The maximum atomic E-state index is 13.6. The molecule has 2 N–H and O–H groups in total. The van der Waals surface area contributed by atoms with Crippen molar-refractivity contribution in [3.63, 3.8) is 0 Å². The van der Waals surface area contributed by atoms with Crippen molar-refractivity contribution in [2.24, 2.45) is 4.99 Å². The first-order valence-corrected chi connectivity index (χ1v) is 10.6. The number of nitrogens with one attached hydrogen (secondary N) is 2. The highest BCUT2D eigenvalue weighted by atomic mass is 19.1. The predicted molar refractivity (Wildman–Crippen MR) is 115 cm³/mol. The number of carbonyl (C=O) groups is 1. The first-order valence-electron chi connectivity index (χ1n) is 10.6. The Hall–Kier alpha value is -2.15. The van der Waals surface area contributed by atoms with Crippen LogP contribution < -0.4 is 10.6 Å². The van der Waals surface area contributed by atoms with Crippen LogP contribution in [0, 0.1) is 5.82 Å². The topological polar surface area (TPSA) is 60.0 Å². The Labute approximate surface area is 173 Å². The van der Waals surface area contributed by atoms with E-state index in [1.54, 1.807) is 24.1 Å². The van der Waals surface area contributed by atoms with Gasteiger partial charge in [-0.2, -0.15) is 0 Å². The molecule has 29 heavy (non-hydrogen) atoms. The number of benzene rings is 1. The highest BCUT2D eigenvalue weighted by Crippen LogP contribution is 2.47. The molecule has 1 aromatic rings. The van der Waals surface area contributed by atoms with Gasteiger partial charge in [-0.3, -0.25) is 14.7 Å². The average molecular weight is 404 g/mol. The summed E-state index contributed by atoms with van der Waals surface area (Å²) in [4.78, 5) is 20.6. The van der Waals surface area contributed by atoms with E-state index in [1.165, 1.54) is 6.07 Å². The van der Waals surface area contributed by atoms with Crippen LogP contribution in [-0.4, -0.2) is 75.0 Å². The molecule has 1 saturated carbocycles. The molecule has 1 aliphatic heterocycles. The van der Waals surface area contributed by atoms with E-state index in [9.17, 15) is 9.18 Å². The molecule has 1 unspecified atom stereocenters. The predicted octanol–water partition coefficient (Wildman–Crippen LogP) is 1.97. The zero-order valence-corrected chi connectivity index (χ0v) is 17.9. The summed E-state index contributed by atoms with van der Waals surface area (Å²) < 4.78 is 13.6. The summed E-state index contributed by atoms with van der Waals surface area (Å²) in [6.45, 7) is 3.45. The van der Waals surface area contributed by atoms with Gasteiger partial charge in [0.05, 0.1) is 6.04 Å². The van der Waals surface area contributed by atoms with Crippen molar-refractivity contribution in [1.82, 2.24) is 20.4 Å². The molecule has 1 heterocycles. The van der Waals surface area contributed by atoms with Crippen LogP contribution in [0.5, 0.6) is 0 Å². The molecule has 7 heteroatoms. The SMILES string of the molecule is CN=C(NCCCN1CCCC1C(=O)N(C)C)NCC1(c2cccc(F)c2)CC1. The van der Waals surface area contributed by atoms with Gasteiger partial charge in [0.15, 0.2) is 5.96 Å². The van der Waals surface area contributed by atoms with Gasteiger partial charge in [0.2, 0.25) is 5.91 Å². The van der Waals surface area contributed by atoms with Crippen LogP contribution in [0.25, 0.3) is 0 Å². The largest absolute Gasteiger partial charge is 0.356 e. The Morgan fingerprint density at radius 2 is 2.14 bits per heavy atom. The van der Waals surface area contributed by atoms with Crippen LogP contribution in [0.2, 0.25) is 0 Å². The molecule has 6 nitrogen and oxygen atoms in total. The number of halogens is 1. The lowest BCUT2D eigenvalue weighted by molar-refractivity contribution is -0.133. The molecule has 0 spiro atoms. The lowest BCUT2D eigenvalue weighted by atomic mass is 9.96. The summed E-state index contributed by atoms with van der Waals surface area (Å²) in [5.41, 5.74) is 1.08. The molecule has 0 radical (unpaired) electrons. The van der Waals surface area contributed by atoms with Gasteiger partial charge >= 0.3 is 0 Å². The fourth-order valence-corrected chi connectivity index (χ4v) is 4.17. The third-order valence-corrected chi connectivity index (χ3v) is 6.11. The molecule has 1 amide bonds. The summed E-state index contributed by atoms with van der Waals surface area (Å²) in [7, 11) is 5.42. The molecule has 3 rings (SSSR count). The van der Waals surface area contributed by atoms with E-state index in [1.807, 2.05) is 20.2 Å². The van der Waals surface area contributed by atoms with Crippen LogP contribution in [-0.2, 0) is 10.2 Å². The number of hydrogen-bond acceptors (Lipinski definition) is 3. The van der Waals surface area contributed by atoms with E-state index in [0.717, 1.165) is 69.8 Å². The Kier molecular flexibility index (Phi) is 7.11. The van der Waals surface area contributed by atoms with Crippen LogP contribution >= 0.6 is 0 Å². The summed E-state index contributed by atoms with van der Waals surface area (Å²) in [6, 6.07) is 6.96.